The molecule has 1 amide bonds. The maximum atomic E-state index is 13.2. The van der Waals surface area contributed by atoms with E-state index in [1.165, 1.54) is 30.5 Å². The van der Waals surface area contributed by atoms with E-state index in [2.05, 4.69) is 15.3 Å². The number of aromatic nitrogens is 2. The summed E-state index contributed by atoms with van der Waals surface area (Å²) in [5.41, 5.74) is 0.522. The monoisotopic (exact) mass is 271 g/mol. The number of carbonyl (C=O) groups excluding carboxylic acids is 1. The zero-order valence-electron chi connectivity index (χ0n) is 8.70. The Morgan fingerprint density at radius 2 is 2.35 bits per heavy atom. The van der Waals surface area contributed by atoms with Crippen molar-refractivity contribution >= 4 is 34.7 Å². The Morgan fingerprint density at radius 3 is 3.00 bits per heavy atom. The summed E-state index contributed by atoms with van der Waals surface area (Å²) >= 11 is 6.77. The lowest BCUT2D eigenvalue weighted by Gasteiger charge is -1.97. The van der Waals surface area contributed by atoms with Gasteiger partial charge in [0.05, 0.1) is 0 Å². The fraction of sp³-hybridized carbons (Fsp3) is 0.100. The van der Waals surface area contributed by atoms with Crippen molar-refractivity contribution in [2.24, 2.45) is 0 Å². The Labute approximate surface area is 105 Å². The molecule has 0 bridgehead atoms. The van der Waals surface area contributed by atoms with Crippen molar-refractivity contribution in [2.75, 3.05) is 5.32 Å². The molecule has 88 valence electrons. The van der Waals surface area contributed by atoms with Gasteiger partial charge in [-0.15, -0.1) is 11.3 Å². The summed E-state index contributed by atoms with van der Waals surface area (Å²) in [5, 5.41) is 4.60. The van der Waals surface area contributed by atoms with E-state index in [0.717, 1.165) is 0 Å². The number of amides is 1. The van der Waals surface area contributed by atoms with E-state index in [1.807, 2.05) is 0 Å². The number of halogens is 2. The smallest absolute Gasteiger partial charge is 0.222 e. The van der Waals surface area contributed by atoms with Crippen LogP contribution in [0.5, 0.6) is 0 Å². The van der Waals surface area contributed by atoms with Gasteiger partial charge in [-0.25, -0.2) is 14.4 Å². The molecule has 0 saturated carbocycles. The van der Waals surface area contributed by atoms with E-state index in [0.29, 0.717) is 16.4 Å². The first-order chi connectivity index (χ1) is 8.06. The molecule has 2 rings (SSSR count). The second-order valence-electron chi connectivity index (χ2n) is 3.22. The minimum absolute atomic E-state index is 0.174. The Bertz CT molecular complexity index is 572. The van der Waals surface area contributed by atoms with Crippen LogP contribution >= 0.6 is 22.9 Å². The van der Waals surface area contributed by atoms with E-state index in [-0.39, 0.29) is 11.1 Å². The average molecular weight is 272 g/mol. The van der Waals surface area contributed by atoms with Crippen LogP contribution in [0.3, 0.4) is 0 Å². The van der Waals surface area contributed by atoms with Crippen molar-refractivity contribution in [3.63, 3.8) is 0 Å². The number of thiazole rings is 1. The van der Waals surface area contributed by atoms with Crippen LogP contribution in [0.15, 0.2) is 17.6 Å². The number of pyridine rings is 1. The number of anilines is 1. The molecule has 0 saturated heterocycles. The highest BCUT2D eigenvalue weighted by Crippen LogP contribution is 2.27. The SMILES string of the molecule is CC(=O)Nc1csc(-c2cnc(Cl)c(F)c2)n1. The highest BCUT2D eigenvalue weighted by molar-refractivity contribution is 7.13. The molecular formula is C10H7ClFN3OS. The van der Waals surface area contributed by atoms with Crippen LogP contribution in [0.2, 0.25) is 5.15 Å². The number of carbonyl (C=O) groups is 1. The summed E-state index contributed by atoms with van der Waals surface area (Å²) in [7, 11) is 0. The molecule has 7 heteroatoms. The van der Waals surface area contributed by atoms with E-state index in [1.54, 1.807) is 5.38 Å². The van der Waals surface area contributed by atoms with Gasteiger partial charge in [0.2, 0.25) is 5.91 Å². The Kier molecular flexibility index (Phi) is 3.35. The molecule has 2 aromatic rings. The molecule has 0 radical (unpaired) electrons. The van der Waals surface area contributed by atoms with Crippen molar-refractivity contribution in [3.05, 3.63) is 28.6 Å². The summed E-state index contributed by atoms with van der Waals surface area (Å²) in [6, 6.07) is 1.26. The molecule has 0 unspecified atom stereocenters. The standard InChI is InChI=1S/C10H7ClFN3OS/c1-5(16)14-8-4-17-10(15-8)6-2-7(12)9(11)13-3-6/h2-4H,1H3,(H,14,16). The van der Waals surface area contributed by atoms with Gasteiger partial charge in [-0.3, -0.25) is 4.79 Å². The van der Waals surface area contributed by atoms with Crippen LogP contribution in [0.1, 0.15) is 6.92 Å². The molecule has 17 heavy (non-hydrogen) atoms. The van der Waals surface area contributed by atoms with Gasteiger partial charge in [0.15, 0.2) is 11.0 Å². The third kappa shape index (κ3) is 2.78. The van der Waals surface area contributed by atoms with Crippen molar-refractivity contribution in [2.45, 2.75) is 6.92 Å². The van der Waals surface area contributed by atoms with Gasteiger partial charge in [0, 0.05) is 24.1 Å². The molecule has 4 nitrogen and oxygen atoms in total. The summed E-state index contributed by atoms with van der Waals surface area (Å²) in [6.45, 7) is 1.39. The topological polar surface area (TPSA) is 54.9 Å². The maximum absolute atomic E-state index is 13.2. The minimum atomic E-state index is -0.597. The van der Waals surface area contributed by atoms with Crippen molar-refractivity contribution in [3.8, 4) is 10.6 Å². The normalized spacial score (nSPS) is 10.3. The fourth-order valence-electron chi connectivity index (χ4n) is 1.18. The van der Waals surface area contributed by atoms with Gasteiger partial charge in [-0.05, 0) is 6.07 Å². The van der Waals surface area contributed by atoms with Crippen LogP contribution < -0.4 is 5.32 Å². The molecule has 0 aliphatic heterocycles. The first kappa shape index (κ1) is 11.9. The van der Waals surface area contributed by atoms with Crippen LogP contribution in [0.25, 0.3) is 10.6 Å². The molecule has 1 N–H and O–H groups in total. The van der Waals surface area contributed by atoms with Crippen molar-refractivity contribution in [1.82, 2.24) is 9.97 Å². The van der Waals surface area contributed by atoms with Crippen molar-refractivity contribution in [1.29, 1.82) is 0 Å². The van der Waals surface area contributed by atoms with Gasteiger partial charge in [-0.1, -0.05) is 11.6 Å². The lowest BCUT2D eigenvalue weighted by molar-refractivity contribution is -0.114. The molecule has 0 aromatic carbocycles. The summed E-state index contributed by atoms with van der Waals surface area (Å²) in [5.74, 6) is -0.365. The predicted octanol–water partition coefficient (Wildman–Crippen LogP) is 2.96. The first-order valence-corrected chi connectivity index (χ1v) is 5.86. The quantitative estimate of drug-likeness (QED) is 0.855. The van der Waals surface area contributed by atoms with Crippen LogP contribution in [-0.4, -0.2) is 15.9 Å². The number of hydrogen-bond donors (Lipinski definition) is 1. The van der Waals surface area contributed by atoms with Crippen molar-refractivity contribution < 1.29 is 9.18 Å². The lowest BCUT2D eigenvalue weighted by Crippen LogP contribution is -2.05. The number of nitrogens with zero attached hydrogens (tertiary/aromatic N) is 2. The molecule has 0 atom stereocenters. The third-order valence-electron chi connectivity index (χ3n) is 1.85. The van der Waals surface area contributed by atoms with Gasteiger partial charge in [-0.2, -0.15) is 0 Å². The van der Waals surface area contributed by atoms with Gasteiger partial charge in [0.25, 0.3) is 0 Å². The molecular weight excluding hydrogens is 265 g/mol. The highest BCUT2D eigenvalue weighted by Gasteiger charge is 2.09. The third-order valence-corrected chi connectivity index (χ3v) is 3.02. The average Bonchev–Trinajstić information content (AvgIpc) is 2.69. The highest BCUT2D eigenvalue weighted by atomic mass is 35.5. The van der Waals surface area contributed by atoms with Crippen LogP contribution in [0.4, 0.5) is 10.2 Å². The molecule has 2 aromatic heterocycles. The van der Waals surface area contributed by atoms with Gasteiger partial charge >= 0.3 is 0 Å². The molecule has 0 fully saturated rings. The van der Waals surface area contributed by atoms with E-state index < -0.39 is 5.82 Å². The molecule has 0 aliphatic rings. The zero-order valence-corrected chi connectivity index (χ0v) is 10.3. The Hall–Kier alpha value is -1.53. The fourth-order valence-corrected chi connectivity index (χ4v) is 2.02. The summed E-state index contributed by atoms with van der Waals surface area (Å²) in [6.07, 6.45) is 1.43. The summed E-state index contributed by atoms with van der Waals surface area (Å²) in [4.78, 5) is 18.6. The molecule has 0 spiro atoms. The first-order valence-electron chi connectivity index (χ1n) is 4.61. The van der Waals surface area contributed by atoms with Crippen LogP contribution in [-0.2, 0) is 4.79 Å². The van der Waals surface area contributed by atoms with E-state index >= 15 is 0 Å². The Morgan fingerprint density at radius 1 is 1.59 bits per heavy atom. The Balaban J connectivity index is 2.30. The molecule has 2 heterocycles. The zero-order chi connectivity index (χ0) is 12.4. The second-order valence-corrected chi connectivity index (χ2v) is 4.43. The number of nitrogens with one attached hydrogen (secondary N) is 1. The maximum Gasteiger partial charge on any atom is 0.222 e. The largest absolute Gasteiger partial charge is 0.310 e. The van der Waals surface area contributed by atoms with Gasteiger partial charge in [0.1, 0.15) is 10.8 Å². The van der Waals surface area contributed by atoms with E-state index in [9.17, 15) is 9.18 Å². The van der Waals surface area contributed by atoms with Crippen LogP contribution in [0, 0.1) is 5.82 Å². The lowest BCUT2D eigenvalue weighted by atomic mass is 10.3. The predicted molar refractivity (Wildman–Crippen MR) is 64.6 cm³/mol. The number of rotatable bonds is 2. The van der Waals surface area contributed by atoms with Gasteiger partial charge < -0.3 is 5.32 Å². The molecule has 0 aliphatic carbocycles. The second kappa shape index (κ2) is 4.77. The summed E-state index contributed by atoms with van der Waals surface area (Å²) < 4.78 is 13.2. The number of hydrogen-bond acceptors (Lipinski definition) is 4. The minimum Gasteiger partial charge on any atom is -0.310 e. The van der Waals surface area contributed by atoms with E-state index in [4.69, 9.17) is 11.6 Å².